The highest BCUT2D eigenvalue weighted by Crippen LogP contribution is 2.52. The average molecular weight is 891 g/mol. The van der Waals surface area contributed by atoms with Crippen molar-refractivity contribution < 1.29 is 66.8 Å². The molecule has 3 aromatic rings. The summed E-state index contributed by atoms with van der Waals surface area (Å²) in [5.41, 5.74) is 1.71. The maximum Gasteiger partial charge on any atom is 0.514 e. The molecule has 0 radical (unpaired) electrons. The molecule has 1 unspecified atom stereocenters. The summed E-state index contributed by atoms with van der Waals surface area (Å²) in [6, 6.07) is 18.6. The minimum atomic E-state index is -1.44. The maximum atomic E-state index is 14.0. The predicted molar refractivity (Wildman–Crippen MR) is 218 cm³/mol. The van der Waals surface area contributed by atoms with Crippen LogP contribution in [0.2, 0.25) is 0 Å². The Balaban J connectivity index is 0.981. The first-order valence-corrected chi connectivity index (χ1v) is 21.0. The van der Waals surface area contributed by atoms with Crippen LogP contribution in [0.1, 0.15) is 49.9 Å². The molecule has 4 heterocycles. The van der Waals surface area contributed by atoms with Gasteiger partial charge in [-0.1, -0.05) is 72.8 Å². The SMILES string of the molecule is COC(=O)[C@]1(C)S[C@H]2CC(=O)N2[C@H]1C(=O)OCOC(=O)[C@@H]1N2C(=O)[C@@H](NC(=O)C(NC(=O)OCc3ccccc3)c3ccc(OC(=O)OCc4ccccc4)cc3)[C@H]2SC1(C)C. The second-order valence-corrected chi connectivity index (χ2v) is 18.6. The highest BCUT2D eigenvalue weighted by molar-refractivity contribution is 8.02. The van der Waals surface area contributed by atoms with E-state index in [4.69, 9.17) is 28.4 Å². The number of fused-ring (bicyclic) bond motifs is 2. The first kappa shape index (κ1) is 43.8. The normalized spacial score (nSPS) is 24.5. The van der Waals surface area contributed by atoms with Crippen LogP contribution >= 0.6 is 23.5 Å². The Labute approximate surface area is 363 Å². The first-order valence-electron chi connectivity index (χ1n) is 19.3. The molecule has 3 aromatic carbocycles. The zero-order valence-electron chi connectivity index (χ0n) is 33.8. The number of β-lactam (4-membered cyclic amide) rings is 2. The van der Waals surface area contributed by atoms with Crippen molar-refractivity contribution in [3.63, 3.8) is 0 Å². The largest absolute Gasteiger partial charge is 0.514 e. The number of carbonyl (C=O) groups is 8. The fourth-order valence-electron chi connectivity index (χ4n) is 7.54. The number of hydrogen-bond acceptors (Lipinski definition) is 16. The van der Waals surface area contributed by atoms with Crippen molar-refractivity contribution in [1.82, 2.24) is 20.4 Å². The van der Waals surface area contributed by atoms with Crippen molar-refractivity contribution in [2.24, 2.45) is 0 Å². The molecule has 326 valence electrons. The van der Waals surface area contributed by atoms with Gasteiger partial charge in [-0.2, -0.15) is 0 Å². The summed E-state index contributed by atoms with van der Waals surface area (Å²) in [7, 11) is 1.17. The van der Waals surface area contributed by atoms with E-state index in [9.17, 15) is 38.4 Å². The maximum absolute atomic E-state index is 14.0. The van der Waals surface area contributed by atoms with Gasteiger partial charge in [0, 0.05) is 4.75 Å². The molecular formula is C42H42N4O14S2. The number of ether oxygens (including phenoxy) is 6. The molecule has 0 saturated carbocycles. The summed E-state index contributed by atoms with van der Waals surface area (Å²) in [5, 5.41) is 4.11. The molecular weight excluding hydrogens is 849 g/mol. The first-order chi connectivity index (χ1) is 29.6. The number of carbonyl (C=O) groups excluding carboxylic acids is 8. The zero-order valence-corrected chi connectivity index (χ0v) is 35.4. The van der Waals surface area contributed by atoms with Gasteiger partial charge in [0.1, 0.15) is 47.2 Å². The molecule has 4 fully saturated rings. The number of esters is 3. The molecule has 7 atom stereocenters. The molecule has 4 amide bonds. The van der Waals surface area contributed by atoms with Crippen LogP contribution in [0.4, 0.5) is 9.59 Å². The third-order valence-electron chi connectivity index (χ3n) is 10.7. The molecule has 18 nitrogen and oxygen atoms in total. The summed E-state index contributed by atoms with van der Waals surface area (Å²) >= 11 is 2.34. The van der Waals surface area contributed by atoms with Crippen molar-refractivity contribution in [3.8, 4) is 5.75 Å². The number of alkyl carbamates (subject to hydrolysis) is 1. The lowest BCUT2D eigenvalue weighted by molar-refractivity contribution is -0.182. The van der Waals surface area contributed by atoms with E-state index in [1.807, 2.05) is 12.1 Å². The fourth-order valence-corrected chi connectivity index (χ4v) is 10.8. The van der Waals surface area contributed by atoms with Crippen LogP contribution in [-0.4, -0.2) is 110 Å². The lowest BCUT2D eigenvalue weighted by Gasteiger charge is -2.44. The molecule has 20 heteroatoms. The molecule has 7 rings (SSSR count). The second kappa shape index (κ2) is 18.0. The van der Waals surface area contributed by atoms with Crippen LogP contribution < -0.4 is 15.4 Å². The Morgan fingerprint density at radius 2 is 1.35 bits per heavy atom. The van der Waals surface area contributed by atoms with E-state index >= 15 is 0 Å². The minimum absolute atomic E-state index is 0.0114. The van der Waals surface area contributed by atoms with Gasteiger partial charge in [-0.25, -0.2) is 19.2 Å². The Bertz CT molecular complexity index is 2250. The standard InChI is InChI=1S/C42H42N4O14S2/c1-41(2)31(36(50)58-22-59-37(51)32-42(3,38(52)55-4)61-28-19-27(47)45(28)32)46-34(49)30(35(46)62-41)43-33(48)29(44-39(53)56-20-23-11-7-5-8-12-23)25-15-17-26(18-16-25)60-40(54)57-21-24-13-9-6-10-14-24/h5-18,28-32,35H,19-22H2,1-4H3,(H,43,48)(H,44,53)/t28-,29?,30+,31-,32-,35+,42+/m0/s1. The number of benzene rings is 3. The highest BCUT2D eigenvalue weighted by atomic mass is 32.2. The topological polar surface area (TPSA) is 222 Å². The summed E-state index contributed by atoms with van der Waals surface area (Å²) in [6.07, 6.45) is -1.74. The van der Waals surface area contributed by atoms with Crippen molar-refractivity contribution in [1.29, 1.82) is 0 Å². The fraction of sp³-hybridized carbons (Fsp3) is 0.381. The summed E-state index contributed by atoms with van der Waals surface area (Å²) < 4.78 is 28.9. The molecule has 0 bridgehead atoms. The lowest BCUT2D eigenvalue weighted by Crippen LogP contribution is -2.71. The van der Waals surface area contributed by atoms with Gasteiger partial charge in [0.15, 0.2) is 6.04 Å². The van der Waals surface area contributed by atoms with E-state index in [1.54, 1.807) is 62.4 Å². The Morgan fingerprint density at radius 1 is 0.758 bits per heavy atom. The highest BCUT2D eigenvalue weighted by Gasteiger charge is 2.66. The molecule has 2 N–H and O–H groups in total. The van der Waals surface area contributed by atoms with Crippen LogP contribution in [0.25, 0.3) is 0 Å². The smallest absolute Gasteiger partial charge is 0.468 e. The Hall–Kier alpha value is -6.28. The van der Waals surface area contributed by atoms with Crippen LogP contribution in [0.3, 0.4) is 0 Å². The van der Waals surface area contributed by atoms with Gasteiger partial charge in [-0.3, -0.25) is 19.2 Å². The summed E-state index contributed by atoms with van der Waals surface area (Å²) in [5.74, 6) is -4.21. The van der Waals surface area contributed by atoms with Crippen molar-refractivity contribution >= 4 is 71.4 Å². The summed E-state index contributed by atoms with van der Waals surface area (Å²) in [6.45, 7) is 3.93. The van der Waals surface area contributed by atoms with Crippen LogP contribution in [0.5, 0.6) is 5.75 Å². The third-order valence-corrected chi connectivity index (χ3v) is 13.8. The zero-order chi connectivity index (χ0) is 44.3. The van der Waals surface area contributed by atoms with Gasteiger partial charge in [0.25, 0.3) is 0 Å². The quantitative estimate of drug-likeness (QED) is 0.0777. The van der Waals surface area contributed by atoms with Gasteiger partial charge in [-0.05, 0) is 49.6 Å². The third kappa shape index (κ3) is 8.87. The average Bonchev–Trinajstić information content (AvgIpc) is 3.67. The molecule has 0 spiro atoms. The number of nitrogens with zero attached hydrogens (tertiary/aromatic N) is 2. The van der Waals surface area contributed by atoms with Crippen molar-refractivity contribution in [2.75, 3.05) is 13.9 Å². The molecule has 0 aliphatic carbocycles. The van der Waals surface area contributed by atoms with Crippen molar-refractivity contribution in [2.45, 2.75) is 84.8 Å². The number of methoxy groups -OCH3 is 1. The van der Waals surface area contributed by atoms with Crippen LogP contribution in [0, 0.1) is 0 Å². The van der Waals surface area contributed by atoms with Crippen molar-refractivity contribution in [3.05, 3.63) is 102 Å². The molecule has 0 aromatic heterocycles. The molecule has 4 saturated heterocycles. The van der Waals surface area contributed by atoms with Crippen LogP contribution in [0.15, 0.2) is 84.9 Å². The van der Waals surface area contributed by atoms with Gasteiger partial charge in [0.05, 0.1) is 18.9 Å². The number of amides is 4. The molecule has 62 heavy (non-hydrogen) atoms. The van der Waals surface area contributed by atoms with Gasteiger partial charge >= 0.3 is 30.2 Å². The lowest BCUT2D eigenvalue weighted by atomic mass is 9.95. The van der Waals surface area contributed by atoms with Crippen LogP contribution in [-0.2, 0) is 65.7 Å². The van der Waals surface area contributed by atoms with E-state index in [-0.39, 0.29) is 36.9 Å². The minimum Gasteiger partial charge on any atom is -0.468 e. The number of rotatable bonds is 14. The predicted octanol–water partition coefficient (Wildman–Crippen LogP) is 3.57. The van der Waals surface area contributed by atoms with E-state index in [2.05, 4.69) is 10.6 Å². The Kier molecular flexibility index (Phi) is 12.7. The monoisotopic (exact) mass is 890 g/mol. The van der Waals surface area contributed by atoms with E-state index < -0.39 is 93.2 Å². The summed E-state index contributed by atoms with van der Waals surface area (Å²) in [4.78, 5) is 107. The number of nitrogens with one attached hydrogen (secondary N) is 2. The second-order valence-electron chi connectivity index (χ2n) is 15.2. The van der Waals surface area contributed by atoms with E-state index in [0.717, 1.165) is 17.3 Å². The van der Waals surface area contributed by atoms with Gasteiger partial charge in [0.2, 0.25) is 24.5 Å². The van der Waals surface area contributed by atoms with Gasteiger partial charge in [-0.15, -0.1) is 23.5 Å². The molecule has 4 aliphatic heterocycles. The Morgan fingerprint density at radius 3 is 1.95 bits per heavy atom. The van der Waals surface area contributed by atoms with E-state index in [1.165, 1.54) is 59.9 Å². The molecule has 4 aliphatic rings. The number of thioether (sulfide) groups is 2. The van der Waals surface area contributed by atoms with Gasteiger partial charge < -0.3 is 48.9 Å². The van der Waals surface area contributed by atoms with E-state index in [0.29, 0.717) is 5.56 Å². The number of hydrogen-bond donors (Lipinski definition) is 2.